The van der Waals surface area contributed by atoms with Gasteiger partial charge in [-0.05, 0) is 43.7 Å². The Morgan fingerprint density at radius 3 is 2.52 bits per heavy atom. The number of rotatable bonds is 8. The van der Waals surface area contributed by atoms with Gasteiger partial charge >= 0.3 is 0 Å². The van der Waals surface area contributed by atoms with Crippen molar-refractivity contribution in [1.29, 1.82) is 0 Å². The molecule has 2 rings (SSSR count). The standard InChI is InChI=1S/C19H20Cl2N2O4/c1-2-26-16-7-4-3-6-14(16)19(25)23-22-18(24)8-5-11-27-17-10-9-13(20)12-15(17)21/h3-4,6-7,9-10,12H,2,5,8,11H2,1H3,(H,22,24)(H,23,25). The summed E-state index contributed by atoms with van der Waals surface area (Å²) in [5.74, 6) is 0.182. The number of hydrazine groups is 1. The zero-order chi connectivity index (χ0) is 19.6. The molecule has 2 amide bonds. The molecule has 0 unspecified atom stereocenters. The number of hydrogen-bond acceptors (Lipinski definition) is 4. The van der Waals surface area contributed by atoms with Crippen LogP contribution in [0.1, 0.15) is 30.1 Å². The Bertz CT molecular complexity index is 799. The minimum absolute atomic E-state index is 0.179. The number of halogens is 2. The van der Waals surface area contributed by atoms with Gasteiger partial charge in [-0.15, -0.1) is 0 Å². The average Bonchev–Trinajstić information content (AvgIpc) is 2.65. The van der Waals surface area contributed by atoms with Crippen LogP contribution in [0.25, 0.3) is 0 Å². The fraction of sp³-hybridized carbons (Fsp3) is 0.263. The first-order chi connectivity index (χ1) is 13.0. The maximum atomic E-state index is 12.2. The quantitative estimate of drug-likeness (QED) is 0.508. The summed E-state index contributed by atoms with van der Waals surface area (Å²) >= 11 is 11.8. The lowest BCUT2D eigenvalue weighted by atomic mass is 10.2. The summed E-state index contributed by atoms with van der Waals surface area (Å²) < 4.78 is 10.9. The summed E-state index contributed by atoms with van der Waals surface area (Å²) in [6, 6.07) is 11.7. The minimum atomic E-state index is -0.448. The van der Waals surface area contributed by atoms with Crippen molar-refractivity contribution in [1.82, 2.24) is 10.9 Å². The van der Waals surface area contributed by atoms with Crippen molar-refractivity contribution >= 4 is 35.0 Å². The normalized spacial score (nSPS) is 10.2. The SMILES string of the molecule is CCOc1ccccc1C(=O)NNC(=O)CCCOc1ccc(Cl)cc1Cl. The van der Waals surface area contributed by atoms with E-state index < -0.39 is 5.91 Å². The number of amides is 2. The molecule has 8 heteroatoms. The molecule has 144 valence electrons. The number of nitrogens with one attached hydrogen (secondary N) is 2. The zero-order valence-corrected chi connectivity index (χ0v) is 16.3. The van der Waals surface area contributed by atoms with Crippen LogP contribution in [-0.4, -0.2) is 25.0 Å². The molecule has 0 aliphatic heterocycles. The third-order valence-corrected chi connectivity index (χ3v) is 3.98. The Labute approximate surface area is 167 Å². The van der Waals surface area contributed by atoms with Crippen molar-refractivity contribution in [3.63, 3.8) is 0 Å². The summed E-state index contributed by atoms with van der Waals surface area (Å²) in [6.07, 6.45) is 0.634. The Hall–Kier alpha value is -2.44. The highest BCUT2D eigenvalue weighted by Gasteiger charge is 2.12. The van der Waals surface area contributed by atoms with E-state index in [-0.39, 0.29) is 12.3 Å². The topological polar surface area (TPSA) is 76.7 Å². The molecule has 2 aromatic carbocycles. The van der Waals surface area contributed by atoms with Gasteiger partial charge in [-0.3, -0.25) is 20.4 Å². The molecule has 0 aliphatic carbocycles. The molecule has 0 aromatic heterocycles. The summed E-state index contributed by atoms with van der Waals surface area (Å²) in [6.45, 7) is 2.57. The smallest absolute Gasteiger partial charge is 0.273 e. The largest absolute Gasteiger partial charge is 0.493 e. The molecule has 2 N–H and O–H groups in total. The molecule has 0 saturated heterocycles. The van der Waals surface area contributed by atoms with Gasteiger partial charge < -0.3 is 9.47 Å². The summed E-state index contributed by atoms with van der Waals surface area (Å²) in [7, 11) is 0. The third-order valence-electron chi connectivity index (χ3n) is 3.45. The molecular formula is C19H20Cl2N2O4. The average molecular weight is 411 g/mol. The summed E-state index contributed by atoms with van der Waals surface area (Å²) in [4.78, 5) is 24.0. The van der Waals surface area contributed by atoms with Crippen molar-refractivity contribution in [2.24, 2.45) is 0 Å². The minimum Gasteiger partial charge on any atom is -0.493 e. The molecule has 2 aromatic rings. The van der Waals surface area contributed by atoms with Crippen molar-refractivity contribution in [2.45, 2.75) is 19.8 Å². The van der Waals surface area contributed by atoms with Gasteiger partial charge in [-0.1, -0.05) is 35.3 Å². The van der Waals surface area contributed by atoms with Crippen LogP contribution in [0.5, 0.6) is 11.5 Å². The van der Waals surface area contributed by atoms with E-state index >= 15 is 0 Å². The predicted molar refractivity (Wildman–Crippen MR) is 104 cm³/mol. The Balaban J connectivity index is 1.72. The molecule has 0 aliphatic rings. The molecule has 27 heavy (non-hydrogen) atoms. The summed E-state index contributed by atoms with van der Waals surface area (Å²) in [5.41, 5.74) is 5.10. The van der Waals surface area contributed by atoms with E-state index in [4.69, 9.17) is 32.7 Å². The van der Waals surface area contributed by atoms with E-state index in [1.54, 1.807) is 42.5 Å². The number of benzene rings is 2. The van der Waals surface area contributed by atoms with Crippen LogP contribution in [0.4, 0.5) is 0 Å². The number of para-hydroxylation sites is 1. The van der Waals surface area contributed by atoms with Crippen LogP contribution in [0.2, 0.25) is 10.0 Å². The second-order valence-electron chi connectivity index (χ2n) is 5.46. The highest BCUT2D eigenvalue weighted by Crippen LogP contribution is 2.27. The Morgan fingerprint density at radius 1 is 1.00 bits per heavy atom. The van der Waals surface area contributed by atoms with E-state index in [1.165, 1.54) is 0 Å². The van der Waals surface area contributed by atoms with Crippen molar-refractivity contribution in [2.75, 3.05) is 13.2 Å². The van der Waals surface area contributed by atoms with E-state index in [1.807, 2.05) is 6.92 Å². The van der Waals surface area contributed by atoms with Gasteiger partial charge in [0, 0.05) is 11.4 Å². The fourth-order valence-electron chi connectivity index (χ4n) is 2.20. The lowest BCUT2D eigenvalue weighted by Crippen LogP contribution is -2.41. The van der Waals surface area contributed by atoms with Crippen molar-refractivity contribution in [3.8, 4) is 11.5 Å². The van der Waals surface area contributed by atoms with Crippen LogP contribution < -0.4 is 20.3 Å². The zero-order valence-electron chi connectivity index (χ0n) is 14.8. The first-order valence-electron chi connectivity index (χ1n) is 8.40. The van der Waals surface area contributed by atoms with Gasteiger partial charge in [0.05, 0.1) is 23.8 Å². The number of carbonyl (C=O) groups is 2. The predicted octanol–water partition coefficient (Wildman–Crippen LogP) is 4.01. The number of carbonyl (C=O) groups excluding carboxylic acids is 2. The van der Waals surface area contributed by atoms with Gasteiger partial charge in [0.2, 0.25) is 5.91 Å². The van der Waals surface area contributed by atoms with Crippen LogP contribution in [-0.2, 0) is 4.79 Å². The first-order valence-corrected chi connectivity index (χ1v) is 9.15. The lowest BCUT2D eigenvalue weighted by molar-refractivity contribution is -0.122. The second kappa shape index (κ2) is 10.6. The number of hydrogen-bond donors (Lipinski definition) is 2. The number of ether oxygens (including phenoxy) is 2. The van der Waals surface area contributed by atoms with Crippen LogP contribution in [0, 0.1) is 0 Å². The molecule has 0 radical (unpaired) electrons. The van der Waals surface area contributed by atoms with Crippen LogP contribution in [0.3, 0.4) is 0 Å². The molecule has 0 spiro atoms. The van der Waals surface area contributed by atoms with Crippen LogP contribution >= 0.6 is 23.2 Å². The van der Waals surface area contributed by atoms with Gasteiger partial charge in [0.1, 0.15) is 11.5 Å². The Kier molecular flexibility index (Phi) is 8.23. The van der Waals surface area contributed by atoms with E-state index in [9.17, 15) is 9.59 Å². The summed E-state index contributed by atoms with van der Waals surface area (Å²) in [5, 5.41) is 0.931. The van der Waals surface area contributed by atoms with Gasteiger partial charge in [-0.2, -0.15) is 0 Å². The maximum absolute atomic E-state index is 12.2. The first kappa shape index (κ1) is 20.9. The molecule has 6 nitrogen and oxygen atoms in total. The van der Waals surface area contributed by atoms with Crippen LogP contribution in [0.15, 0.2) is 42.5 Å². The maximum Gasteiger partial charge on any atom is 0.273 e. The molecule has 0 saturated carbocycles. The Morgan fingerprint density at radius 2 is 1.78 bits per heavy atom. The fourth-order valence-corrected chi connectivity index (χ4v) is 2.66. The van der Waals surface area contributed by atoms with E-state index in [0.29, 0.717) is 46.7 Å². The van der Waals surface area contributed by atoms with Crippen molar-refractivity contribution < 1.29 is 19.1 Å². The van der Waals surface area contributed by atoms with Crippen molar-refractivity contribution in [3.05, 3.63) is 58.1 Å². The van der Waals surface area contributed by atoms with Gasteiger partial charge in [-0.25, -0.2) is 0 Å². The van der Waals surface area contributed by atoms with Gasteiger partial charge in [0.25, 0.3) is 5.91 Å². The molecule has 0 bridgehead atoms. The third kappa shape index (κ3) is 6.66. The van der Waals surface area contributed by atoms with Gasteiger partial charge in [0.15, 0.2) is 0 Å². The lowest BCUT2D eigenvalue weighted by Gasteiger charge is -2.11. The molecule has 0 heterocycles. The highest BCUT2D eigenvalue weighted by molar-refractivity contribution is 6.35. The molecular weight excluding hydrogens is 391 g/mol. The molecule has 0 fully saturated rings. The monoisotopic (exact) mass is 410 g/mol. The molecule has 0 atom stereocenters. The highest BCUT2D eigenvalue weighted by atomic mass is 35.5. The van der Waals surface area contributed by atoms with E-state index in [0.717, 1.165) is 0 Å². The van der Waals surface area contributed by atoms with E-state index in [2.05, 4.69) is 10.9 Å². The second-order valence-corrected chi connectivity index (χ2v) is 6.30.